The van der Waals surface area contributed by atoms with Crippen LogP contribution in [0.5, 0.6) is 5.75 Å². The molecular weight excluding hydrogens is 578 g/mol. The molecule has 1 aromatic heterocycles. The van der Waals surface area contributed by atoms with E-state index in [-0.39, 0.29) is 70.2 Å². The number of aryl methyl sites for hydroxylation is 1. The number of fused-ring (bicyclic) bond motifs is 1. The van der Waals surface area contributed by atoms with Gasteiger partial charge in [-0.05, 0) is 38.0 Å². The smallest absolute Gasteiger partial charge is 0.409 e. The first-order valence-electron chi connectivity index (χ1n) is 14.4. The summed E-state index contributed by atoms with van der Waals surface area (Å²) in [5.41, 5.74) is 1.13. The van der Waals surface area contributed by atoms with E-state index in [1.807, 2.05) is 13.0 Å². The number of carbonyl (C=O) groups is 5. The number of amides is 4. The molecular formula is C29H37N5O10. The molecule has 15 heteroatoms. The lowest BCUT2D eigenvalue weighted by molar-refractivity contribution is -0.138. The van der Waals surface area contributed by atoms with Crippen LogP contribution in [0.3, 0.4) is 0 Å². The van der Waals surface area contributed by atoms with Crippen molar-refractivity contribution >= 4 is 40.7 Å². The van der Waals surface area contributed by atoms with Crippen molar-refractivity contribution in [2.75, 3.05) is 52.5 Å². The maximum Gasteiger partial charge on any atom is 0.409 e. The molecule has 4 N–H and O–H groups in total. The highest BCUT2D eigenvalue weighted by Crippen LogP contribution is 2.27. The molecule has 1 aromatic carbocycles. The van der Waals surface area contributed by atoms with Crippen LogP contribution in [0.25, 0.3) is 10.9 Å². The maximum absolute atomic E-state index is 13.5. The van der Waals surface area contributed by atoms with E-state index < -0.39 is 54.6 Å². The molecule has 0 radical (unpaired) electrons. The number of carboxylic acid groups (broad SMARTS) is 1. The summed E-state index contributed by atoms with van der Waals surface area (Å²) in [4.78, 5) is 71.6. The topological polar surface area (TPSA) is 199 Å². The number of aliphatic hydroxyl groups excluding tert-OH is 2. The minimum Gasteiger partial charge on any atom is -0.483 e. The summed E-state index contributed by atoms with van der Waals surface area (Å²) < 4.78 is 10.8. The minimum absolute atomic E-state index is 0.0308. The highest BCUT2D eigenvalue weighted by molar-refractivity contribution is 5.99. The number of pyridine rings is 1. The molecule has 0 aliphatic carbocycles. The fourth-order valence-corrected chi connectivity index (χ4v) is 5.05. The largest absolute Gasteiger partial charge is 0.483 e. The third-order valence-electron chi connectivity index (χ3n) is 7.49. The molecule has 2 fully saturated rings. The molecule has 0 bridgehead atoms. The van der Waals surface area contributed by atoms with Crippen LogP contribution in [0.4, 0.5) is 4.79 Å². The number of ether oxygens (including phenoxy) is 2. The molecule has 0 spiro atoms. The molecule has 3 atom stereocenters. The van der Waals surface area contributed by atoms with Crippen molar-refractivity contribution in [1.82, 2.24) is 25.0 Å². The van der Waals surface area contributed by atoms with E-state index in [0.29, 0.717) is 10.9 Å². The van der Waals surface area contributed by atoms with Crippen molar-refractivity contribution in [3.05, 3.63) is 35.5 Å². The Morgan fingerprint density at radius 3 is 2.30 bits per heavy atom. The number of piperazine rings is 1. The highest BCUT2D eigenvalue weighted by atomic mass is 16.6. The van der Waals surface area contributed by atoms with Crippen LogP contribution in [-0.2, 0) is 19.1 Å². The van der Waals surface area contributed by atoms with Gasteiger partial charge in [0.15, 0.2) is 6.61 Å². The van der Waals surface area contributed by atoms with Crippen molar-refractivity contribution in [1.29, 1.82) is 0 Å². The molecule has 4 rings (SSSR count). The Labute approximate surface area is 253 Å². The van der Waals surface area contributed by atoms with E-state index in [0.717, 1.165) is 5.56 Å². The minimum atomic E-state index is -1.18. The Morgan fingerprint density at radius 2 is 1.66 bits per heavy atom. The zero-order valence-electron chi connectivity index (χ0n) is 24.6. The monoisotopic (exact) mass is 615 g/mol. The second kappa shape index (κ2) is 14.3. The molecule has 0 saturated carbocycles. The molecule has 4 amide bonds. The molecule has 15 nitrogen and oxygen atoms in total. The van der Waals surface area contributed by atoms with E-state index in [9.17, 15) is 39.3 Å². The lowest BCUT2D eigenvalue weighted by atomic mass is 10.1. The number of carbonyl (C=O) groups excluding carboxylic acids is 4. The third-order valence-corrected chi connectivity index (χ3v) is 7.49. The Balaban J connectivity index is 1.51. The van der Waals surface area contributed by atoms with E-state index in [1.165, 1.54) is 20.8 Å². The summed E-state index contributed by atoms with van der Waals surface area (Å²) in [5.74, 6) is -2.66. The number of aliphatic carboxylic acids is 1. The van der Waals surface area contributed by atoms with Crippen molar-refractivity contribution in [3.63, 3.8) is 0 Å². The summed E-state index contributed by atoms with van der Waals surface area (Å²) >= 11 is 0. The Morgan fingerprint density at radius 1 is 1.00 bits per heavy atom. The number of carboxylic acids is 1. The fraction of sp³-hybridized carbons (Fsp3) is 0.517. The number of benzene rings is 1. The summed E-state index contributed by atoms with van der Waals surface area (Å²) in [5, 5.41) is 31.9. The summed E-state index contributed by atoms with van der Waals surface area (Å²) in [6.45, 7) is 4.08. The summed E-state index contributed by atoms with van der Waals surface area (Å²) in [7, 11) is 0. The zero-order valence-corrected chi connectivity index (χ0v) is 24.6. The molecule has 0 unspecified atom stereocenters. The normalized spacial score (nSPS) is 19.0. The van der Waals surface area contributed by atoms with Gasteiger partial charge in [0.05, 0.1) is 24.3 Å². The summed E-state index contributed by atoms with van der Waals surface area (Å²) in [6, 6.07) is 5.43. The lowest BCUT2D eigenvalue weighted by Gasteiger charge is -2.35. The van der Waals surface area contributed by atoms with Crippen LogP contribution in [0.1, 0.15) is 35.8 Å². The van der Waals surface area contributed by atoms with Gasteiger partial charge in [-0.25, -0.2) is 9.78 Å². The SMILES string of the molecule is CCOC(=O)N1CCN(C(=O)[C@H](CCC(=O)O)NC(=O)c2cc(OCC(=O)N3C[C@H](O)[C@@H](O)C3)c3ccc(C)cc3n2)CC1. The molecule has 2 saturated heterocycles. The van der Waals surface area contributed by atoms with E-state index in [2.05, 4.69) is 10.3 Å². The van der Waals surface area contributed by atoms with Crippen LogP contribution in [0.2, 0.25) is 0 Å². The van der Waals surface area contributed by atoms with Crippen LogP contribution < -0.4 is 10.1 Å². The van der Waals surface area contributed by atoms with Crippen molar-refractivity contribution in [2.45, 2.75) is 44.9 Å². The summed E-state index contributed by atoms with van der Waals surface area (Å²) in [6.07, 6.45) is -3.12. The van der Waals surface area contributed by atoms with Gasteiger partial charge in [-0.15, -0.1) is 0 Å². The number of nitrogens with zero attached hydrogens (tertiary/aromatic N) is 4. The van der Waals surface area contributed by atoms with Crippen molar-refractivity contribution in [2.24, 2.45) is 0 Å². The highest BCUT2D eigenvalue weighted by Gasteiger charge is 2.33. The Kier molecular flexibility index (Phi) is 10.5. The van der Waals surface area contributed by atoms with Gasteiger partial charge in [0.1, 0.15) is 17.5 Å². The number of aliphatic hydroxyl groups is 2. The fourth-order valence-electron chi connectivity index (χ4n) is 5.05. The number of aromatic nitrogens is 1. The zero-order chi connectivity index (χ0) is 32.0. The lowest BCUT2D eigenvalue weighted by Crippen LogP contribution is -2.56. The standard InChI is InChI=1S/C29H37N5O10/c1-3-43-29(42)33-10-8-32(9-11-33)28(41)19(6-7-26(38)39)31-27(40)21-13-24(18-5-4-17(2)12-20(18)30-21)44-16-25(37)34-14-22(35)23(36)15-34/h4-5,12-13,19,22-23,35-36H,3,6-11,14-16H2,1-2H3,(H,31,40)(H,38,39)/t19-,22-,23-/m0/s1. The van der Waals surface area contributed by atoms with Crippen LogP contribution in [0, 0.1) is 6.92 Å². The maximum atomic E-state index is 13.5. The predicted molar refractivity (Wildman–Crippen MR) is 154 cm³/mol. The van der Waals surface area contributed by atoms with Crippen LogP contribution in [0.15, 0.2) is 24.3 Å². The van der Waals surface area contributed by atoms with Gasteiger partial charge in [0.2, 0.25) is 5.91 Å². The number of hydrogen-bond acceptors (Lipinski definition) is 10. The van der Waals surface area contributed by atoms with Crippen molar-refractivity contribution < 1.29 is 48.8 Å². The average molecular weight is 616 g/mol. The van der Waals surface area contributed by atoms with Gasteiger partial charge in [-0.2, -0.15) is 0 Å². The molecule has 2 aromatic rings. The van der Waals surface area contributed by atoms with Gasteiger partial charge < -0.3 is 44.8 Å². The van der Waals surface area contributed by atoms with Gasteiger partial charge in [0, 0.05) is 57.1 Å². The van der Waals surface area contributed by atoms with Gasteiger partial charge in [-0.3, -0.25) is 19.2 Å². The first kappa shape index (κ1) is 32.4. The van der Waals surface area contributed by atoms with Crippen LogP contribution >= 0.6 is 0 Å². The first-order valence-corrected chi connectivity index (χ1v) is 14.4. The second-order valence-electron chi connectivity index (χ2n) is 10.7. The molecule has 238 valence electrons. The van der Waals surface area contributed by atoms with E-state index in [1.54, 1.807) is 19.1 Å². The Bertz CT molecular complexity index is 1400. The van der Waals surface area contributed by atoms with Crippen molar-refractivity contribution in [3.8, 4) is 5.75 Å². The molecule has 2 aliphatic rings. The van der Waals surface area contributed by atoms with Gasteiger partial charge in [0.25, 0.3) is 11.8 Å². The number of nitrogens with one attached hydrogen (secondary N) is 1. The first-order chi connectivity index (χ1) is 21.0. The number of hydrogen-bond donors (Lipinski definition) is 4. The average Bonchev–Trinajstić information content (AvgIpc) is 3.34. The quantitative estimate of drug-likeness (QED) is 0.275. The molecule has 3 heterocycles. The third kappa shape index (κ3) is 7.90. The number of likely N-dealkylation sites (tertiary alicyclic amines) is 1. The van der Waals surface area contributed by atoms with Crippen LogP contribution in [-0.4, -0.2) is 136 Å². The van der Waals surface area contributed by atoms with Gasteiger partial charge in [-0.1, -0.05) is 6.07 Å². The van der Waals surface area contributed by atoms with E-state index >= 15 is 0 Å². The predicted octanol–water partition coefficient (Wildman–Crippen LogP) is -0.250. The van der Waals surface area contributed by atoms with Gasteiger partial charge >= 0.3 is 12.1 Å². The Hall–Kier alpha value is -4.50. The molecule has 2 aliphatic heterocycles. The van der Waals surface area contributed by atoms with E-state index in [4.69, 9.17) is 9.47 Å². The number of rotatable bonds is 10. The number of β-amino-alcohol motifs (C(OH)–C–C–N with tert-alkyl or cyclic N) is 2. The second-order valence-corrected chi connectivity index (χ2v) is 10.7. The molecule has 44 heavy (non-hydrogen) atoms.